The molecule has 0 saturated carbocycles. The highest BCUT2D eigenvalue weighted by atomic mass is 16.3. The maximum atomic E-state index is 9.41. The Morgan fingerprint density at radius 1 is 1.44 bits per heavy atom. The number of aliphatic hydroxyl groups is 1. The molecule has 0 radical (unpaired) electrons. The summed E-state index contributed by atoms with van der Waals surface area (Å²) in [5.74, 6) is 0.898. The Morgan fingerprint density at radius 2 is 2.28 bits per heavy atom. The highest BCUT2D eigenvalue weighted by molar-refractivity contribution is 5.46. The summed E-state index contributed by atoms with van der Waals surface area (Å²) in [4.78, 5) is 13.1. The third kappa shape index (κ3) is 2.79. The van der Waals surface area contributed by atoms with Gasteiger partial charge in [0.2, 0.25) is 0 Å². The second-order valence-corrected chi connectivity index (χ2v) is 4.90. The molecule has 1 aliphatic rings. The van der Waals surface area contributed by atoms with E-state index in [2.05, 4.69) is 33.7 Å². The molecule has 0 bridgehead atoms. The first-order chi connectivity index (χ1) is 8.76. The van der Waals surface area contributed by atoms with E-state index in [1.165, 1.54) is 0 Å². The number of rotatable bonds is 3. The van der Waals surface area contributed by atoms with Crippen molar-refractivity contribution in [1.29, 1.82) is 0 Å². The van der Waals surface area contributed by atoms with Crippen LogP contribution >= 0.6 is 0 Å². The molecule has 0 aliphatic carbocycles. The Labute approximate surface area is 108 Å². The molecule has 5 heteroatoms. The Bertz CT molecular complexity index is 385. The van der Waals surface area contributed by atoms with Gasteiger partial charge in [-0.05, 0) is 26.4 Å². The van der Waals surface area contributed by atoms with Crippen LogP contribution in [0.2, 0.25) is 0 Å². The Morgan fingerprint density at radius 3 is 3.00 bits per heavy atom. The van der Waals surface area contributed by atoms with Crippen LogP contribution in [0.5, 0.6) is 0 Å². The summed E-state index contributed by atoms with van der Waals surface area (Å²) in [7, 11) is 2.17. The van der Waals surface area contributed by atoms with E-state index in [9.17, 15) is 5.11 Å². The van der Waals surface area contributed by atoms with Crippen LogP contribution in [0.15, 0.2) is 12.5 Å². The summed E-state index contributed by atoms with van der Waals surface area (Å²) in [5, 5.41) is 9.41. The van der Waals surface area contributed by atoms with Crippen molar-refractivity contribution in [3.8, 4) is 0 Å². The lowest BCUT2D eigenvalue weighted by Gasteiger charge is -2.32. The van der Waals surface area contributed by atoms with Crippen LogP contribution in [-0.4, -0.2) is 52.7 Å². The molecule has 1 aromatic rings. The zero-order chi connectivity index (χ0) is 13.0. The molecule has 0 aromatic carbocycles. The van der Waals surface area contributed by atoms with Crippen LogP contribution in [0.4, 0.5) is 5.82 Å². The SMILES string of the molecule is CCC1CN(C)CCCN1c1ncncc1CO. The lowest BCUT2D eigenvalue weighted by atomic mass is 10.1. The molecule has 1 aliphatic heterocycles. The number of hydrogen-bond donors (Lipinski definition) is 1. The van der Waals surface area contributed by atoms with Crippen LogP contribution in [0.1, 0.15) is 25.3 Å². The first-order valence-corrected chi connectivity index (χ1v) is 6.61. The van der Waals surface area contributed by atoms with Crippen molar-refractivity contribution in [2.24, 2.45) is 0 Å². The average molecular weight is 250 g/mol. The van der Waals surface area contributed by atoms with E-state index in [4.69, 9.17) is 0 Å². The lowest BCUT2D eigenvalue weighted by molar-refractivity contribution is 0.280. The minimum Gasteiger partial charge on any atom is -0.391 e. The summed E-state index contributed by atoms with van der Waals surface area (Å²) < 4.78 is 0. The first kappa shape index (κ1) is 13.2. The molecule has 1 N–H and O–H groups in total. The van der Waals surface area contributed by atoms with E-state index in [-0.39, 0.29) is 6.61 Å². The molecule has 0 spiro atoms. The third-order valence-electron chi connectivity index (χ3n) is 3.58. The molecule has 5 nitrogen and oxygen atoms in total. The Kier molecular flexibility index (Phi) is 4.49. The van der Waals surface area contributed by atoms with Crippen molar-refractivity contribution in [2.45, 2.75) is 32.4 Å². The van der Waals surface area contributed by atoms with Crippen LogP contribution in [0, 0.1) is 0 Å². The minimum absolute atomic E-state index is 0.00104. The molecule has 0 amide bonds. The molecule has 18 heavy (non-hydrogen) atoms. The molecule has 1 fully saturated rings. The van der Waals surface area contributed by atoms with Crippen LogP contribution < -0.4 is 4.90 Å². The zero-order valence-corrected chi connectivity index (χ0v) is 11.2. The predicted molar refractivity (Wildman–Crippen MR) is 71.5 cm³/mol. The average Bonchev–Trinajstić information content (AvgIpc) is 2.60. The largest absolute Gasteiger partial charge is 0.391 e. The second-order valence-electron chi connectivity index (χ2n) is 4.90. The predicted octanol–water partition coefficient (Wildman–Crippen LogP) is 0.889. The molecule has 1 unspecified atom stereocenters. The van der Waals surface area contributed by atoms with Gasteiger partial charge < -0.3 is 14.9 Å². The molecule has 1 aromatic heterocycles. The molecule has 2 heterocycles. The number of hydrogen-bond acceptors (Lipinski definition) is 5. The third-order valence-corrected chi connectivity index (χ3v) is 3.58. The standard InChI is InChI=1S/C13H22N4O/c1-3-12-8-16(2)5-4-6-17(12)13-11(9-18)7-14-10-15-13/h7,10,12,18H,3-6,8-9H2,1-2H3. The number of aromatic nitrogens is 2. The summed E-state index contributed by atoms with van der Waals surface area (Å²) in [6.07, 6.45) is 5.49. The molecule has 1 saturated heterocycles. The molecular formula is C13H22N4O. The van der Waals surface area contributed by atoms with Gasteiger partial charge in [0.1, 0.15) is 12.1 Å². The minimum atomic E-state index is -0.00104. The smallest absolute Gasteiger partial charge is 0.137 e. The van der Waals surface area contributed by atoms with Gasteiger partial charge in [0.05, 0.1) is 6.61 Å². The maximum Gasteiger partial charge on any atom is 0.137 e. The van der Waals surface area contributed by atoms with E-state index in [1.807, 2.05) is 0 Å². The van der Waals surface area contributed by atoms with Crippen LogP contribution in [0.25, 0.3) is 0 Å². The molecule has 1 atom stereocenters. The van der Waals surface area contributed by atoms with Gasteiger partial charge in [-0.3, -0.25) is 0 Å². The van der Waals surface area contributed by atoms with Crippen molar-refractivity contribution in [3.05, 3.63) is 18.1 Å². The van der Waals surface area contributed by atoms with E-state index < -0.39 is 0 Å². The summed E-state index contributed by atoms with van der Waals surface area (Å²) in [6.45, 7) is 5.36. The van der Waals surface area contributed by atoms with Crippen molar-refractivity contribution in [3.63, 3.8) is 0 Å². The number of aliphatic hydroxyl groups excluding tert-OH is 1. The highest BCUT2D eigenvalue weighted by Gasteiger charge is 2.24. The fourth-order valence-corrected chi connectivity index (χ4v) is 2.59. The zero-order valence-electron chi connectivity index (χ0n) is 11.2. The van der Waals surface area contributed by atoms with Gasteiger partial charge in [0.15, 0.2) is 0 Å². The molecule has 100 valence electrons. The maximum absolute atomic E-state index is 9.41. The lowest BCUT2D eigenvalue weighted by Crippen LogP contribution is -2.40. The van der Waals surface area contributed by atoms with Crippen molar-refractivity contribution < 1.29 is 5.11 Å². The van der Waals surface area contributed by atoms with Gasteiger partial charge in [0.25, 0.3) is 0 Å². The number of anilines is 1. The van der Waals surface area contributed by atoms with E-state index in [0.717, 1.165) is 43.9 Å². The van der Waals surface area contributed by atoms with Gasteiger partial charge in [-0.15, -0.1) is 0 Å². The topological polar surface area (TPSA) is 52.5 Å². The van der Waals surface area contributed by atoms with E-state index in [1.54, 1.807) is 12.5 Å². The Balaban J connectivity index is 2.28. The monoisotopic (exact) mass is 250 g/mol. The first-order valence-electron chi connectivity index (χ1n) is 6.61. The van der Waals surface area contributed by atoms with Gasteiger partial charge in [-0.25, -0.2) is 9.97 Å². The van der Waals surface area contributed by atoms with Gasteiger partial charge in [-0.1, -0.05) is 6.92 Å². The number of nitrogens with zero attached hydrogens (tertiary/aromatic N) is 4. The number of likely N-dealkylation sites (N-methyl/N-ethyl adjacent to an activating group) is 1. The quantitative estimate of drug-likeness (QED) is 0.863. The normalized spacial score (nSPS) is 21.9. The van der Waals surface area contributed by atoms with Crippen LogP contribution in [0.3, 0.4) is 0 Å². The van der Waals surface area contributed by atoms with Crippen molar-refractivity contribution in [2.75, 3.05) is 31.6 Å². The highest BCUT2D eigenvalue weighted by Crippen LogP contribution is 2.22. The fraction of sp³-hybridized carbons (Fsp3) is 0.692. The summed E-state index contributed by atoms with van der Waals surface area (Å²) >= 11 is 0. The molecule has 2 rings (SSSR count). The summed E-state index contributed by atoms with van der Waals surface area (Å²) in [5.41, 5.74) is 0.820. The van der Waals surface area contributed by atoms with Crippen molar-refractivity contribution >= 4 is 5.82 Å². The van der Waals surface area contributed by atoms with Crippen LogP contribution in [-0.2, 0) is 6.61 Å². The fourth-order valence-electron chi connectivity index (χ4n) is 2.59. The van der Waals surface area contributed by atoms with Gasteiger partial charge >= 0.3 is 0 Å². The summed E-state index contributed by atoms with van der Waals surface area (Å²) in [6, 6.07) is 0.456. The Hall–Kier alpha value is -1.20. The van der Waals surface area contributed by atoms with Gasteiger partial charge in [-0.2, -0.15) is 0 Å². The van der Waals surface area contributed by atoms with Gasteiger partial charge in [0, 0.05) is 30.9 Å². The van der Waals surface area contributed by atoms with Crippen molar-refractivity contribution in [1.82, 2.24) is 14.9 Å². The molecular weight excluding hydrogens is 228 g/mol. The van der Waals surface area contributed by atoms with E-state index >= 15 is 0 Å². The second kappa shape index (κ2) is 6.11. The van der Waals surface area contributed by atoms with E-state index in [0.29, 0.717) is 6.04 Å².